The molecule has 0 bridgehead atoms. The molecule has 0 heterocycles. The Balaban J connectivity index is 2.30. The van der Waals surface area contributed by atoms with E-state index >= 15 is 0 Å². The van der Waals surface area contributed by atoms with Gasteiger partial charge in [-0.05, 0) is 25.0 Å². The van der Waals surface area contributed by atoms with E-state index < -0.39 is 0 Å². The lowest BCUT2D eigenvalue weighted by Crippen LogP contribution is -2.31. The van der Waals surface area contributed by atoms with Crippen molar-refractivity contribution < 1.29 is 0 Å². The Labute approximate surface area is 177 Å². The van der Waals surface area contributed by atoms with E-state index in [1.165, 1.54) is 115 Å². The van der Waals surface area contributed by atoms with Gasteiger partial charge in [0.2, 0.25) is 0 Å². The normalized spacial score (nSPS) is 12.2. The van der Waals surface area contributed by atoms with Crippen molar-refractivity contribution in [2.45, 2.75) is 129 Å². The first kappa shape index (κ1) is 25.1. The highest BCUT2D eigenvalue weighted by Crippen LogP contribution is 2.23. The Morgan fingerprint density at radius 1 is 0.571 bits per heavy atom. The number of anilines is 1. The standard InChI is InChI=1S/C27H49N/c1-4-6-8-10-12-14-16-19-23-26(22-18-15-13-11-9-7-5-2)28(3)27-24-20-17-21-25-27/h17,20-21,24-26H,4-16,18-19,22-23H2,1-3H3. The number of benzene rings is 1. The molecule has 0 fully saturated rings. The molecule has 0 aliphatic rings. The van der Waals surface area contributed by atoms with E-state index in [-0.39, 0.29) is 0 Å². The van der Waals surface area contributed by atoms with Crippen molar-refractivity contribution in [2.75, 3.05) is 11.9 Å². The minimum Gasteiger partial charge on any atom is -0.372 e. The fourth-order valence-electron chi connectivity index (χ4n) is 4.26. The van der Waals surface area contributed by atoms with Gasteiger partial charge in [0.05, 0.1) is 0 Å². The summed E-state index contributed by atoms with van der Waals surface area (Å²) in [5.41, 5.74) is 1.38. The van der Waals surface area contributed by atoms with Crippen molar-refractivity contribution in [3.63, 3.8) is 0 Å². The topological polar surface area (TPSA) is 3.24 Å². The van der Waals surface area contributed by atoms with E-state index in [0.29, 0.717) is 6.04 Å². The predicted octanol–water partition coefficient (Wildman–Crippen LogP) is 9.16. The first-order chi connectivity index (χ1) is 13.8. The van der Waals surface area contributed by atoms with Crippen LogP contribution in [0.2, 0.25) is 0 Å². The lowest BCUT2D eigenvalue weighted by molar-refractivity contribution is 0.467. The zero-order valence-corrected chi connectivity index (χ0v) is 19.4. The molecule has 1 nitrogen and oxygen atoms in total. The van der Waals surface area contributed by atoms with Gasteiger partial charge < -0.3 is 4.90 Å². The summed E-state index contributed by atoms with van der Waals surface area (Å²) in [5, 5.41) is 0. The molecular weight excluding hydrogens is 338 g/mol. The molecule has 0 aromatic heterocycles. The van der Waals surface area contributed by atoms with Gasteiger partial charge in [-0.1, -0.05) is 128 Å². The average molecular weight is 388 g/mol. The van der Waals surface area contributed by atoms with Crippen LogP contribution in [0.3, 0.4) is 0 Å². The third kappa shape index (κ3) is 12.5. The van der Waals surface area contributed by atoms with Crippen molar-refractivity contribution in [1.29, 1.82) is 0 Å². The molecule has 162 valence electrons. The second-order valence-corrected chi connectivity index (χ2v) is 8.77. The number of nitrogens with zero attached hydrogens (tertiary/aromatic N) is 1. The monoisotopic (exact) mass is 387 g/mol. The Bertz CT molecular complexity index is 427. The average Bonchev–Trinajstić information content (AvgIpc) is 2.73. The van der Waals surface area contributed by atoms with Crippen LogP contribution >= 0.6 is 0 Å². The quantitative estimate of drug-likeness (QED) is 0.214. The number of hydrogen-bond donors (Lipinski definition) is 0. The van der Waals surface area contributed by atoms with Gasteiger partial charge in [0.1, 0.15) is 0 Å². The van der Waals surface area contributed by atoms with Gasteiger partial charge in [0.25, 0.3) is 0 Å². The minimum absolute atomic E-state index is 0.707. The molecule has 0 N–H and O–H groups in total. The molecule has 1 heteroatoms. The van der Waals surface area contributed by atoms with Crippen LogP contribution in [0.5, 0.6) is 0 Å². The van der Waals surface area contributed by atoms with Gasteiger partial charge >= 0.3 is 0 Å². The van der Waals surface area contributed by atoms with Gasteiger partial charge in [-0.3, -0.25) is 0 Å². The molecule has 0 saturated carbocycles. The molecule has 1 aromatic rings. The molecule has 1 unspecified atom stereocenters. The Hall–Kier alpha value is -0.980. The summed E-state index contributed by atoms with van der Waals surface area (Å²) in [6.07, 6.45) is 23.9. The number of rotatable bonds is 19. The van der Waals surface area contributed by atoms with Crippen LogP contribution in [0.1, 0.15) is 123 Å². The molecule has 0 aliphatic heterocycles. The van der Waals surface area contributed by atoms with Gasteiger partial charge in [-0.15, -0.1) is 0 Å². The third-order valence-electron chi connectivity index (χ3n) is 6.24. The van der Waals surface area contributed by atoms with Crippen LogP contribution in [0.25, 0.3) is 0 Å². The lowest BCUT2D eigenvalue weighted by atomic mass is 9.98. The second-order valence-electron chi connectivity index (χ2n) is 8.77. The molecule has 0 saturated heterocycles. The van der Waals surface area contributed by atoms with Crippen LogP contribution in [-0.2, 0) is 0 Å². The summed E-state index contributed by atoms with van der Waals surface area (Å²) < 4.78 is 0. The zero-order chi connectivity index (χ0) is 20.3. The molecule has 0 aliphatic carbocycles. The van der Waals surface area contributed by atoms with Crippen LogP contribution in [-0.4, -0.2) is 13.1 Å². The number of para-hydroxylation sites is 1. The predicted molar refractivity (Wildman–Crippen MR) is 128 cm³/mol. The Morgan fingerprint density at radius 2 is 0.964 bits per heavy atom. The van der Waals surface area contributed by atoms with Gasteiger partial charge in [0, 0.05) is 18.8 Å². The molecule has 0 amide bonds. The zero-order valence-electron chi connectivity index (χ0n) is 19.4. The van der Waals surface area contributed by atoms with Gasteiger partial charge in [0.15, 0.2) is 0 Å². The maximum atomic E-state index is 2.55. The SMILES string of the molecule is CCCCCCCCCCC(CCCCCCCCC)N(C)c1ccccc1. The second kappa shape index (κ2) is 18.1. The first-order valence-electron chi connectivity index (χ1n) is 12.6. The maximum absolute atomic E-state index is 2.55. The summed E-state index contributed by atoms with van der Waals surface area (Å²) >= 11 is 0. The first-order valence-corrected chi connectivity index (χ1v) is 12.6. The molecule has 0 radical (unpaired) electrons. The highest BCUT2D eigenvalue weighted by molar-refractivity contribution is 5.46. The smallest absolute Gasteiger partial charge is 0.0366 e. The molecule has 1 rings (SSSR count). The van der Waals surface area contributed by atoms with Crippen molar-refractivity contribution in [1.82, 2.24) is 0 Å². The van der Waals surface area contributed by atoms with Crippen LogP contribution in [0.4, 0.5) is 5.69 Å². The van der Waals surface area contributed by atoms with Gasteiger partial charge in [-0.25, -0.2) is 0 Å². The van der Waals surface area contributed by atoms with Crippen LogP contribution in [0.15, 0.2) is 30.3 Å². The molecule has 0 spiro atoms. The summed E-state index contributed by atoms with van der Waals surface area (Å²) in [5.74, 6) is 0. The Morgan fingerprint density at radius 3 is 1.39 bits per heavy atom. The number of hydrogen-bond acceptors (Lipinski definition) is 1. The maximum Gasteiger partial charge on any atom is 0.0366 e. The summed E-state index contributed by atoms with van der Waals surface area (Å²) in [4.78, 5) is 2.55. The molecule has 28 heavy (non-hydrogen) atoms. The highest BCUT2D eigenvalue weighted by Gasteiger charge is 2.14. The van der Waals surface area contributed by atoms with Crippen molar-refractivity contribution in [3.05, 3.63) is 30.3 Å². The summed E-state index contributed by atoms with van der Waals surface area (Å²) in [6, 6.07) is 11.7. The molecule has 1 aromatic carbocycles. The van der Waals surface area contributed by atoms with Crippen molar-refractivity contribution in [3.8, 4) is 0 Å². The lowest BCUT2D eigenvalue weighted by Gasteiger charge is -2.30. The highest BCUT2D eigenvalue weighted by atomic mass is 15.1. The van der Waals surface area contributed by atoms with Gasteiger partial charge in [-0.2, -0.15) is 0 Å². The van der Waals surface area contributed by atoms with Crippen LogP contribution in [0, 0.1) is 0 Å². The van der Waals surface area contributed by atoms with Crippen molar-refractivity contribution in [2.24, 2.45) is 0 Å². The third-order valence-corrected chi connectivity index (χ3v) is 6.24. The fourth-order valence-corrected chi connectivity index (χ4v) is 4.26. The van der Waals surface area contributed by atoms with E-state index in [4.69, 9.17) is 0 Å². The largest absolute Gasteiger partial charge is 0.372 e. The Kier molecular flexibility index (Phi) is 16.2. The van der Waals surface area contributed by atoms with E-state index in [9.17, 15) is 0 Å². The van der Waals surface area contributed by atoms with E-state index in [2.05, 4.69) is 56.1 Å². The van der Waals surface area contributed by atoms with E-state index in [1.54, 1.807) is 0 Å². The van der Waals surface area contributed by atoms with E-state index in [0.717, 1.165) is 0 Å². The van der Waals surface area contributed by atoms with E-state index in [1.807, 2.05) is 0 Å². The summed E-state index contributed by atoms with van der Waals surface area (Å²) in [6.45, 7) is 4.60. The minimum atomic E-state index is 0.707. The molecule has 1 atom stereocenters. The van der Waals surface area contributed by atoms with Crippen LogP contribution < -0.4 is 4.90 Å². The molecular formula is C27H49N. The van der Waals surface area contributed by atoms with Crippen molar-refractivity contribution >= 4 is 5.69 Å². The number of unbranched alkanes of at least 4 members (excludes halogenated alkanes) is 13. The fraction of sp³-hybridized carbons (Fsp3) is 0.778. The summed E-state index contributed by atoms with van der Waals surface area (Å²) in [7, 11) is 2.31.